The van der Waals surface area contributed by atoms with E-state index < -0.39 is 18.0 Å². The lowest BCUT2D eigenvalue weighted by Crippen LogP contribution is -2.47. The van der Waals surface area contributed by atoms with Gasteiger partial charge in [-0.15, -0.1) is 0 Å². The number of phenolic OH excluding ortho intramolecular Hbond substituents is 1. The molecular formula is C14H17N3O4. The molecule has 0 aliphatic rings. The van der Waals surface area contributed by atoms with Crippen LogP contribution in [0.25, 0.3) is 0 Å². The van der Waals surface area contributed by atoms with Gasteiger partial charge >= 0.3 is 12.0 Å². The Kier molecular flexibility index (Phi) is 6.01. The quantitative estimate of drug-likeness (QED) is 0.722. The molecule has 0 bridgehead atoms. The van der Waals surface area contributed by atoms with Crippen LogP contribution in [0.4, 0.5) is 4.79 Å². The summed E-state index contributed by atoms with van der Waals surface area (Å²) >= 11 is 0. The van der Waals surface area contributed by atoms with E-state index >= 15 is 0 Å². The number of aliphatic carboxylic acids is 1. The number of carboxylic acid groups (broad SMARTS) is 1. The number of carbonyl (C=O) groups excluding carboxylic acids is 1. The summed E-state index contributed by atoms with van der Waals surface area (Å²) in [4.78, 5) is 24.3. The van der Waals surface area contributed by atoms with Crippen molar-refractivity contribution < 1.29 is 19.8 Å². The predicted molar refractivity (Wildman–Crippen MR) is 74.6 cm³/mol. The Morgan fingerprint density at radius 1 is 1.38 bits per heavy atom. The average Bonchev–Trinajstić information content (AvgIpc) is 2.45. The van der Waals surface area contributed by atoms with Crippen LogP contribution in [0.3, 0.4) is 0 Å². The molecule has 112 valence electrons. The maximum atomic E-state index is 11.8. The fraction of sp³-hybridized carbons (Fsp3) is 0.357. The van der Waals surface area contributed by atoms with E-state index in [1.807, 2.05) is 6.07 Å². The highest BCUT2D eigenvalue weighted by Crippen LogP contribution is 2.11. The molecule has 0 saturated carbocycles. The molecule has 0 spiro atoms. The molecule has 0 fully saturated rings. The number of urea groups is 1. The lowest BCUT2D eigenvalue weighted by Gasteiger charge is -2.20. The molecule has 0 radical (unpaired) electrons. The number of aromatic hydroxyl groups is 1. The Balaban J connectivity index is 2.65. The molecule has 7 nitrogen and oxygen atoms in total. The Morgan fingerprint density at radius 3 is 2.52 bits per heavy atom. The summed E-state index contributed by atoms with van der Waals surface area (Å²) in [6, 6.07) is 6.39. The van der Waals surface area contributed by atoms with Crippen molar-refractivity contribution in [2.75, 3.05) is 13.6 Å². The number of rotatable bonds is 6. The second kappa shape index (κ2) is 7.75. The normalized spacial score (nSPS) is 11.2. The Morgan fingerprint density at radius 2 is 2.00 bits per heavy atom. The Labute approximate surface area is 122 Å². The third kappa shape index (κ3) is 5.40. The van der Waals surface area contributed by atoms with Crippen LogP contribution < -0.4 is 5.32 Å². The van der Waals surface area contributed by atoms with Crippen molar-refractivity contribution in [2.45, 2.75) is 18.9 Å². The van der Waals surface area contributed by atoms with Crippen molar-refractivity contribution in [3.63, 3.8) is 0 Å². The van der Waals surface area contributed by atoms with E-state index in [9.17, 15) is 14.7 Å². The second-order valence-electron chi connectivity index (χ2n) is 4.54. The van der Waals surface area contributed by atoms with Gasteiger partial charge in [0, 0.05) is 20.0 Å². The Hall–Kier alpha value is -2.75. The molecule has 1 aromatic rings. The summed E-state index contributed by atoms with van der Waals surface area (Å²) in [5.41, 5.74) is 0.681. The van der Waals surface area contributed by atoms with Gasteiger partial charge in [-0.05, 0) is 17.7 Å². The van der Waals surface area contributed by atoms with Gasteiger partial charge in [0.15, 0.2) is 0 Å². The molecule has 0 aliphatic carbocycles. The zero-order valence-corrected chi connectivity index (χ0v) is 11.6. The van der Waals surface area contributed by atoms with E-state index in [1.54, 1.807) is 12.1 Å². The zero-order chi connectivity index (χ0) is 15.8. The van der Waals surface area contributed by atoms with Crippen molar-refractivity contribution >= 4 is 12.0 Å². The summed E-state index contributed by atoms with van der Waals surface area (Å²) in [7, 11) is 1.49. The largest absolute Gasteiger partial charge is 0.508 e. The summed E-state index contributed by atoms with van der Waals surface area (Å²) in [5, 5.41) is 29.2. The minimum absolute atomic E-state index is 0.0888. The van der Waals surface area contributed by atoms with Crippen LogP contribution in [-0.4, -0.2) is 46.7 Å². The molecular weight excluding hydrogens is 274 g/mol. The van der Waals surface area contributed by atoms with E-state index in [1.165, 1.54) is 24.1 Å². The van der Waals surface area contributed by atoms with Gasteiger partial charge in [-0.1, -0.05) is 12.1 Å². The third-order valence-electron chi connectivity index (χ3n) is 2.88. The van der Waals surface area contributed by atoms with Gasteiger partial charge in [-0.2, -0.15) is 5.26 Å². The third-order valence-corrected chi connectivity index (χ3v) is 2.88. The molecule has 0 aromatic heterocycles. The fourth-order valence-electron chi connectivity index (χ4n) is 1.65. The lowest BCUT2D eigenvalue weighted by molar-refractivity contribution is -0.139. The first-order valence-electron chi connectivity index (χ1n) is 6.33. The lowest BCUT2D eigenvalue weighted by atomic mass is 10.1. The topological polar surface area (TPSA) is 114 Å². The monoisotopic (exact) mass is 291 g/mol. The van der Waals surface area contributed by atoms with Crippen molar-refractivity contribution in [1.29, 1.82) is 5.26 Å². The number of benzene rings is 1. The standard InChI is InChI=1S/C14H17N3O4/c1-17(8-2-7-15)14(21)16-12(13(19)20)9-10-3-5-11(18)6-4-10/h3-6,12,18H,2,8-9H2,1H3,(H,16,21)(H,19,20)/t12-/m0/s1. The van der Waals surface area contributed by atoms with Crippen LogP contribution in [0.15, 0.2) is 24.3 Å². The molecule has 0 heterocycles. The van der Waals surface area contributed by atoms with E-state index in [0.29, 0.717) is 5.56 Å². The molecule has 21 heavy (non-hydrogen) atoms. The van der Waals surface area contributed by atoms with Crippen molar-refractivity contribution in [1.82, 2.24) is 10.2 Å². The van der Waals surface area contributed by atoms with Gasteiger partial charge in [0.1, 0.15) is 11.8 Å². The van der Waals surface area contributed by atoms with Gasteiger partial charge in [0.2, 0.25) is 0 Å². The summed E-state index contributed by atoms with van der Waals surface area (Å²) in [5.74, 6) is -1.06. The smallest absolute Gasteiger partial charge is 0.326 e. The number of nitrogens with one attached hydrogen (secondary N) is 1. The molecule has 0 saturated heterocycles. The number of carboxylic acids is 1. The molecule has 0 aliphatic heterocycles. The minimum Gasteiger partial charge on any atom is -0.508 e. The maximum absolute atomic E-state index is 11.8. The Bertz CT molecular complexity index is 536. The van der Waals surface area contributed by atoms with E-state index in [-0.39, 0.29) is 25.1 Å². The van der Waals surface area contributed by atoms with Crippen LogP contribution >= 0.6 is 0 Å². The number of carbonyl (C=O) groups is 2. The highest BCUT2D eigenvalue weighted by Gasteiger charge is 2.22. The van der Waals surface area contributed by atoms with Gasteiger partial charge in [-0.3, -0.25) is 0 Å². The molecule has 0 unspecified atom stereocenters. The SMILES string of the molecule is CN(CCC#N)C(=O)N[C@@H](Cc1ccc(O)cc1)C(=O)O. The number of hydrogen-bond donors (Lipinski definition) is 3. The van der Waals surface area contributed by atoms with Crippen molar-refractivity contribution in [3.8, 4) is 11.8 Å². The average molecular weight is 291 g/mol. The van der Waals surface area contributed by atoms with Crippen molar-refractivity contribution in [2.24, 2.45) is 0 Å². The van der Waals surface area contributed by atoms with Crippen LogP contribution in [0.5, 0.6) is 5.75 Å². The van der Waals surface area contributed by atoms with Gasteiger partial charge < -0.3 is 20.4 Å². The highest BCUT2D eigenvalue weighted by atomic mass is 16.4. The molecule has 7 heteroatoms. The number of nitriles is 1. The summed E-state index contributed by atoms with van der Waals surface area (Å²) < 4.78 is 0. The fourth-order valence-corrected chi connectivity index (χ4v) is 1.65. The molecule has 1 aromatic carbocycles. The predicted octanol–water partition coefficient (Wildman–Crippen LogP) is 0.943. The number of nitrogens with zero attached hydrogens (tertiary/aromatic N) is 2. The van der Waals surface area contributed by atoms with Gasteiger partial charge in [0.25, 0.3) is 0 Å². The van der Waals surface area contributed by atoms with Gasteiger partial charge in [0.05, 0.1) is 12.5 Å². The first-order valence-corrected chi connectivity index (χ1v) is 6.33. The van der Waals surface area contributed by atoms with E-state index in [2.05, 4.69) is 5.32 Å². The first kappa shape index (κ1) is 16.3. The van der Waals surface area contributed by atoms with Gasteiger partial charge in [-0.25, -0.2) is 9.59 Å². The van der Waals surface area contributed by atoms with Crippen molar-refractivity contribution in [3.05, 3.63) is 29.8 Å². The second-order valence-corrected chi connectivity index (χ2v) is 4.54. The summed E-state index contributed by atoms with van der Waals surface area (Å²) in [6.45, 7) is 0.230. The number of hydrogen-bond acceptors (Lipinski definition) is 4. The van der Waals surface area contributed by atoms with E-state index in [4.69, 9.17) is 10.4 Å². The van der Waals surface area contributed by atoms with Crippen LogP contribution in [0.1, 0.15) is 12.0 Å². The zero-order valence-electron chi connectivity index (χ0n) is 11.6. The molecule has 1 rings (SSSR count). The minimum atomic E-state index is -1.15. The highest BCUT2D eigenvalue weighted by molar-refractivity contribution is 5.82. The van der Waals surface area contributed by atoms with E-state index in [0.717, 1.165) is 0 Å². The number of phenols is 1. The van der Waals surface area contributed by atoms with Crippen LogP contribution in [-0.2, 0) is 11.2 Å². The number of amides is 2. The maximum Gasteiger partial charge on any atom is 0.326 e. The first-order chi connectivity index (χ1) is 9.93. The molecule has 1 atom stereocenters. The summed E-state index contributed by atoms with van der Waals surface area (Å²) in [6.07, 6.45) is 0.285. The van der Waals surface area contributed by atoms with Crippen LogP contribution in [0.2, 0.25) is 0 Å². The molecule has 3 N–H and O–H groups in total. The van der Waals surface area contributed by atoms with Crippen LogP contribution in [0, 0.1) is 11.3 Å². The molecule has 2 amide bonds.